The van der Waals surface area contributed by atoms with Crippen LogP contribution >= 0.6 is 23.2 Å². The van der Waals surface area contributed by atoms with E-state index in [1.54, 1.807) is 12.1 Å². The highest BCUT2D eigenvalue weighted by Crippen LogP contribution is 2.32. The smallest absolute Gasteiger partial charge is 0.166 e. The van der Waals surface area contributed by atoms with Crippen LogP contribution in [0.3, 0.4) is 0 Å². The van der Waals surface area contributed by atoms with E-state index < -0.39 is 0 Å². The molecule has 1 aromatic rings. The van der Waals surface area contributed by atoms with Crippen molar-refractivity contribution in [3.8, 4) is 0 Å². The van der Waals surface area contributed by atoms with Crippen molar-refractivity contribution in [1.82, 2.24) is 4.90 Å². The number of carbonyl (C=O) groups is 1. The first-order valence-corrected chi connectivity index (χ1v) is 5.75. The number of halogens is 2. The summed E-state index contributed by atoms with van der Waals surface area (Å²) in [5.74, 6) is 0.113. The standard InChI is InChI=1S/C12H11Cl2NO/c1-15-6-5-11(16)9(7-15)8-3-2-4-10(13)12(8)14/h2-4,7H,5-6H2,1H3. The first kappa shape index (κ1) is 11.5. The Morgan fingerprint density at radius 2 is 2.06 bits per heavy atom. The lowest BCUT2D eigenvalue weighted by atomic mass is 9.98. The van der Waals surface area contributed by atoms with Gasteiger partial charge in [0.1, 0.15) is 0 Å². The molecule has 0 radical (unpaired) electrons. The van der Waals surface area contributed by atoms with Crippen LogP contribution in [0, 0.1) is 0 Å². The highest BCUT2D eigenvalue weighted by molar-refractivity contribution is 6.44. The van der Waals surface area contributed by atoms with Crippen LogP contribution < -0.4 is 0 Å². The molecule has 0 atom stereocenters. The molecule has 1 heterocycles. The van der Waals surface area contributed by atoms with Crippen molar-refractivity contribution in [1.29, 1.82) is 0 Å². The molecule has 0 bridgehead atoms. The zero-order chi connectivity index (χ0) is 11.7. The van der Waals surface area contributed by atoms with Crippen molar-refractivity contribution >= 4 is 34.6 Å². The quantitative estimate of drug-likeness (QED) is 0.768. The van der Waals surface area contributed by atoms with E-state index in [0.717, 1.165) is 6.54 Å². The van der Waals surface area contributed by atoms with E-state index in [1.807, 2.05) is 24.2 Å². The second-order valence-electron chi connectivity index (χ2n) is 3.80. The Bertz CT molecular complexity index is 468. The maximum Gasteiger partial charge on any atom is 0.166 e. The first-order valence-electron chi connectivity index (χ1n) is 4.99. The third-order valence-electron chi connectivity index (χ3n) is 2.58. The second kappa shape index (κ2) is 4.48. The highest BCUT2D eigenvalue weighted by atomic mass is 35.5. The Morgan fingerprint density at radius 3 is 2.81 bits per heavy atom. The molecule has 0 N–H and O–H groups in total. The number of carbonyl (C=O) groups excluding carboxylic acids is 1. The number of Topliss-reactive ketones (excluding diaryl/α,β-unsaturated/α-hetero) is 1. The minimum atomic E-state index is 0.113. The van der Waals surface area contributed by atoms with E-state index in [-0.39, 0.29) is 5.78 Å². The fourth-order valence-corrected chi connectivity index (χ4v) is 2.10. The summed E-state index contributed by atoms with van der Waals surface area (Å²) in [6.07, 6.45) is 2.34. The molecule has 0 saturated carbocycles. The number of ketones is 1. The molecule has 0 spiro atoms. The van der Waals surface area contributed by atoms with Crippen molar-refractivity contribution in [3.05, 3.63) is 40.0 Å². The van der Waals surface area contributed by atoms with Gasteiger partial charge in [-0.15, -0.1) is 0 Å². The van der Waals surface area contributed by atoms with E-state index in [2.05, 4.69) is 0 Å². The number of hydrogen-bond acceptors (Lipinski definition) is 2. The Hall–Kier alpha value is -0.990. The predicted octanol–water partition coefficient (Wildman–Crippen LogP) is 3.24. The SMILES string of the molecule is CN1C=C(c2cccc(Cl)c2Cl)C(=O)CC1. The molecule has 0 saturated heterocycles. The highest BCUT2D eigenvalue weighted by Gasteiger charge is 2.20. The van der Waals surface area contributed by atoms with Crippen LogP contribution in [0.1, 0.15) is 12.0 Å². The topological polar surface area (TPSA) is 20.3 Å². The Kier molecular flexibility index (Phi) is 3.22. The first-order chi connectivity index (χ1) is 7.59. The predicted molar refractivity (Wildman–Crippen MR) is 66.7 cm³/mol. The molecule has 0 fully saturated rings. The second-order valence-corrected chi connectivity index (χ2v) is 4.58. The lowest BCUT2D eigenvalue weighted by Gasteiger charge is -2.22. The summed E-state index contributed by atoms with van der Waals surface area (Å²) in [7, 11) is 1.94. The lowest BCUT2D eigenvalue weighted by molar-refractivity contribution is -0.114. The summed E-state index contributed by atoms with van der Waals surface area (Å²) in [6.45, 7) is 0.751. The van der Waals surface area contributed by atoms with Crippen molar-refractivity contribution in [2.75, 3.05) is 13.6 Å². The van der Waals surface area contributed by atoms with Crippen LogP contribution in [0.15, 0.2) is 24.4 Å². The molecule has 84 valence electrons. The maximum absolute atomic E-state index is 11.8. The largest absolute Gasteiger partial charge is 0.379 e. The van der Waals surface area contributed by atoms with Crippen molar-refractivity contribution < 1.29 is 4.79 Å². The van der Waals surface area contributed by atoms with E-state index in [0.29, 0.717) is 27.6 Å². The van der Waals surface area contributed by atoms with Crippen LogP contribution in [-0.2, 0) is 4.79 Å². The Morgan fingerprint density at radius 1 is 1.31 bits per heavy atom. The Labute approximate surface area is 104 Å². The monoisotopic (exact) mass is 255 g/mol. The van der Waals surface area contributed by atoms with Gasteiger partial charge in [0.2, 0.25) is 0 Å². The van der Waals surface area contributed by atoms with Gasteiger partial charge in [0.05, 0.1) is 10.0 Å². The molecule has 16 heavy (non-hydrogen) atoms. The zero-order valence-corrected chi connectivity index (χ0v) is 10.3. The van der Waals surface area contributed by atoms with E-state index in [9.17, 15) is 4.79 Å². The van der Waals surface area contributed by atoms with Crippen molar-refractivity contribution in [2.45, 2.75) is 6.42 Å². The number of rotatable bonds is 1. The number of nitrogens with zero attached hydrogens (tertiary/aromatic N) is 1. The van der Waals surface area contributed by atoms with Crippen LogP contribution in [0.2, 0.25) is 10.0 Å². The molecular weight excluding hydrogens is 245 g/mol. The van der Waals surface area contributed by atoms with Gasteiger partial charge in [0, 0.05) is 37.3 Å². The summed E-state index contributed by atoms with van der Waals surface area (Å²) < 4.78 is 0. The summed E-state index contributed by atoms with van der Waals surface area (Å²) in [6, 6.07) is 5.33. The van der Waals surface area contributed by atoms with Crippen molar-refractivity contribution in [3.63, 3.8) is 0 Å². The normalized spacial score (nSPS) is 16.3. The number of benzene rings is 1. The molecule has 1 aliphatic rings. The van der Waals surface area contributed by atoms with Crippen LogP contribution in [-0.4, -0.2) is 24.3 Å². The van der Waals surface area contributed by atoms with Gasteiger partial charge in [0.15, 0.2) is 5.78 Å². The molecule has 2 rings (SSSR count). The maximum atomic E-state index is 11.8. The molecule has 0 aliphatic carbocycles. The summed E-state index contributed by atoms with van der Waals surface area (Å²) >= 11 is 12.0. The molecule has 4 heteroatoms. The molecular formula is C12H11Cl2NO. The van der Waals surface area contributed by atoms with Crippen LogP contribution in [0.25, 0.3) is 5.57 Å². The van der Waals surface area contributed by atoms with Crippen molar-refractivity contribution in [2.24, 2.45) is 0 Å². The van der Waals surface area contributed by atoms with Gasteiger partial charge in [-0.3, -0.25) is 4.79 Å². The lowest BCUT2D eigenvalue weighted by Crippen LogP contribution is -2.23. The van der Waals surface area contributed by atoms with Gasteiger partial charge in [-0.05, 0) is 6.07 Å². The van der Waals surface area contributed by atoms with E-state index >= 15 is 0 Å². The number of allylic oxidation sites excluding steroid dienone is 1. The van der Waals surface area contributed by atoms with E-state index in [4.69, 9.17) is 23.2 Å². The molecule has 0 amide bonds. The molecule has 0 unspecified atom stereocenters. The Balaban J connectivity index is 2.51. The van der Waals surface area contributed by atoms with Crippen LogP contribution in [0.5, 0.6) is 0 Å². The number of hydrogen-bond donors (Lipinski definition) is 0. The molecule has 2 nitrogen and oxygen atoms in total. The van der Waals surface area contributed by atoms with Gasteiger partial charge in [-0.1, -0.05) is 35.3 Å². The summed E-state index contributed by atoms with van der Waals surface area (Å²) in [5, 5.41) is 0.917. The third kappa shape index (κ3) is 2.08. The van der Waals surface area contributed by atoms with Crippen LogP contribution in [0.4, 0.5) is 0 Å². The molecule has 1 aromatic carbocycles. The minimum absolute atomic E-state index is 0.113. The molecule has 0 aromatic heterocycles. The third-order valence-corrected chi connectivity index (χ3v) is 3.40. The minimum Gasteiger partial charge on any atom is -0.379 e. The summed E-state index contributed by atoms with van der Waals surface area (Å²) in [5.41, 5.74) is 1.35. The average Bonchev–Trinajstić information content (AvgIpc) is 2.26. The van der Waals surface area contributed by atoms with Gasteiger partial charge in [-0.25, -0.2) is 0 Å². The zero-order valence-electron chi connectivity index (χ0n) is 8.84. The fourth-order valence-electron chi connectivity index (χ4n) is 1.70. The van der Waals surface area contributed by atoms with Gasteiger partial charge < -0.3 is 4.90 Å². The van der Waals surface area contributed by atoms with Gasteiger partial charge in [0.25, 0.3) is 0 Å². The van der Waals surface area contributed by atoms with Gasteiger partial charge in [-0.2, -0.15) is 0 Å². The summed E-state index contributed by atoms with van der Waals surface area (Å²) in [4.78, 5) is 13.8. The fraction of sp³-hybridized carbons (Fsp3) is 0.250. The van der Waals surface area contributed by atoms with E-state index in [1.165, 1.54) is 0 Å². The van der Waals surface area contributed by atoms with Gasteiger partial charge >= 0.3 is 0 Å². The average molecular weight is 256 g/mol. The molecule has 1 aliphatic heterocycles.